The first-order chi connectivity index (χ1) is 10.2. The molecule has 106 valence electrons. The van der Waals surface area contributed by atoms with Crippen molar-refractivity contribution in [1.82, 2.24) is 0 Å². The van der Waals surface area contributed by atoms with E-state index >= 15 is 0 Å². The lowest BCUT2D eigenvalue weighted by molar-refractivity contribution is -0.136. The predicted octanol–water partition coefficient (Wildman–Crippen LogP) is 2.96. The lowest BCUT2D eigenvalue weighted by Crippen LogP contribution is -2.00. The highest BCUT2D eigenvalue weighted by atomic mass is 16.5. The summed E-state index contributed by atoms with van der Waals surface area (Å²) in [4.78, 5) is 10.6. The molecule has 0 bridgehead atoms. The molecule has 0 fully saturated rings. The van der Waals surface area contributed by atoms with Crippen molar-refractivity contribution in [2.24, 2.45) is 0 Å². The molecule has 0 heterocycles. The van der Waals surface area contributed by atoms with Crippen molar-refractivity contribution in [1.29, 1.82) is 5.26 Å². The lowest BCUT2D eigenvalue weighted by Gasteiger charge is -2.07. The zero-order chi connectivity index (χ0) is 15.1. The van der Waals surface area contributed by atoms with Gasteiger partial charge in [-0.05, 0) is 28.8 Å². The van der Waals surface area contributed by atoms with Crippen molar-refractivity contribution in [3.63, 3.8) is 0 Å². The van der Waals surface area contributed by atoms with Crippen LogP contribution in [0, 0.1) is 11.3 Å². The van der Waals surface area contributed by atoms with Gasteiger partial charge in [-0.2, -0.15) is 5.26 Å². The van der Waals surface area contributed by atoms with E-state index in [1.165, 1.54) is 0 Å². The van der Waals surface area contributed by atoms with Crippen LogP contribution in [0.2, 0.25) is 0 Å². The van der Waals surface area contributed by atoms with Crippen molar-refractivity contribution >= 4 is 5.97 Å². The molecule has 0 aliphatic carbocycles. The van der Waals surface area contributed by atoms with Gasteiger partial charge in [0.25, 0.3) is 0 Å². The third kappa shape index (κ3) is 4.66. The number of ether oxygens (including phenoxy) is 1. The largest absolute Gasteiger partial charge is 0.489 e. The summed E-state index contributed by atoms with van der Waals surface area (Å²) in [6.45, 7) is 0.422. The Bertz CT molecular complexity index is 639. The van der Waals surface area contributed by atoms with Gasteiger partial charge in [-0.25, -0.2) is 0 Å². The number of nitrogens with zero attached hydrogens (tertiary/aromatic N) is 1. The molecule has 0 atom stereocenters. The van der Waals surface area contributed by atoms with Crippen LogP contribution in [0.25, 0.3) is 0 Å². The van der Waals surface area contributed by atoms with E-state index in [1.54, 1.807) is 12.1 Å². The molecule has 0 saturated heterocycles. The van der Waals surface area contributed by atoms with E-state index in [4.69, 9.17) is 15.1 Å². The molecule has 4 heteroatoms. The van der Waals surface area contributed by atoms with E-state index in [9.17, 15) is 4.79 Å². The molecular weight excluding hydrogens is 266 g/mol. The fourth-order valence-corrected chi connectivity index (χ4v) is 1.89. The number of nitriles is 1. The number of rotatable bonds is 6. The summed E-state index contributed by atoms with van der Waals surface area (Å²) in [6, 6.07) is 16.8. The van der Waals surface area contributed by atoms with E-state index in [0.717, 1.165) is 22.4 Å². The Morgan fingerprint density at radius 2 is 1.57 bits per heavy atom. The number of carboxylic acids is 1. The van der Waals surface area contributed by atoms with E-state index in [2.05, 4.69) is 6.07 Å². The van der Waals surface area contributed by atoms with E-state index in [0.29, 0.717) is 13.0 Å². The molecule has 0 unspecified atom stereocenters. The first-order valence-electron chi connectivity index (χ1n) is 6.55. The van der Waals surface area contributed by atoms with Gasteiger partial charge in [-0.3, -0.25) is 4.79 Å². The summed E-state index contributed by atoms with van der Waals surface area (Å²) >= 11 is 0. The van der Waals surface area contributed by atoms with Crippen LogP contribution in [-0.2, 0) is 24.2 Å². The molecule has 0 aliphatic heterocycles. The average molecular weight is 281 g/mol. The molecule has 1 N–H and O–H groups in total. The number of hydrogen-bond donors (Lipinski definition) is 1. The van der Waals surface area contributed by atoms with Gasteiger partial charge in [-0.15, -0.1) is 0 Å². The van der Waals surface area contributed by atoms with Crippen LogP contribution >= 0.6 is 0 Å². The minimum absolute atomic E-state index is 0.0293. The standard InChI is InChI=1S/C17H15NO3/c18-10-9-13-5-7-16(8-6-13)21-12-15-3-1-14(2-4-15)11-17(19)20/h1-8H,9,11-12H2,(H,19,20). The molecule has 0 aromatic heterocycles. The first kappa shape index (κ1) is 14.6. The van der Waals surface area contributed by atoms with Crippen LogP contribution in [-0.4, -0.2) is 11.1 Å². The topological polar surface area (TPSA) is 70.3 Å². The van der Waals surface area contributed by atoms with Crippen LogP contribution in [0.1, 0.15) is 16.7 Å². The summed E-state index contributed by atoms with van der Waals surface area (Å²) in [5, 5.41) is 17.3. The molecule has 0 radical (unpaired) electrons. The van der Waals surface area contributed by atoms with Gasteiger partial charge in [0, 0.05) is 0 Å². The minimum atomic E-state index is -0.837. The monoisotopic (exact) mass is 281 g/mol. The second-order valence-corrected chi connectivity index (χ2v) is 4.65. The van der Waals surface area contributed by atoms with Crippen LogP contribution in [0.5, 0.6) is 5.75 Å². The van der Waals surface area contributed by atoms with Crippen LogP contribution in [0.4, 0.5) is 0 Å². The van der Waals surface area contributed by atoms with Crippen molar-refractivity contribution < 1.29 is 14.6 Å². The van der Waals surface area contributed by atoms with Gasteiger partial charge in [0.15, 0.2) is 0 Å². The summed E-state index contributed by atoms with van der Waals surface area (Å²) in [5.41, 5.74) is 2.71. The maximum absolute atomic E-state index is 10.6. The highest BCUT2D eigenvalue weighted by Crippen LogP contribution is 2.15. The number of benzene rings is 2. The van der Waals surface area contributed by atoms with E-state index in [1.807, 2.05) is 36.4 Å². The van der Waals surface area contributed by atoms with E-state index in [-0.39, 0.29) is 6.42 Å². The number of hydrogen-bond acceptors (Lipinski definition) is 3. The maximum Gasteiger partial charge on any atom is 0.307 e. The molecule has 0 aliphatic rings. The second kappa shape index (κ2) is 7.11. The summed E-state index contributed by atoms with van der Waals surface area (Å²) in [6.07, 6.45) is 0.423. The first-order valence-corrected chi connectivity index (χ1v) is 6.55. The Morgan fingerprint density at radius 1 is 1.00 bits per heavy atom. The molecular formula is C17H15NO3. The number of carboxylic acid groups (broad SMARTS) is 1. The molecule has 0 saturated carbocycles. The predicted molar refractivity (Wildman–Crippen MR) is 77.9 cm³/mol. The molecule has 2 aromatic carbocycles. The third-order valence-corrected chi connectivity index (χ3v) is 2.99. The van der Waals surface area contributed by atoms with Gasteiger partial charge in [-0.1, -0.05) is 36.4 Å². The smallest absolute Gasteiger partial charge is 0.307 e. The van der Waals surface area contributed by atoms with E-state index < -0.39 is 5.97 Å². The van der Waals surface area contributed by atoms with Crippen LogP contribution < -0.4 is 4.74 Å². The Hall–Kier alpha value is -2.80. The average Bonchev–Trinajstić information content (AvgIpc) is 2.48. The van der Waals surface area contributed by atoms with Gasteiger partial charge < -0.3 is 9.84 Å². The summed E-state index contributed by atoms with van der Waals surface area (Å²) in [7, 11) is 0. The number of carbonyl (C=O) groups is 1. The molecule has 2 aromatic rings. The fraction of sp³-hybridized carbons (Fsp3) is 0.176. The molecule has 4 nitrogen and oxygen atoms in total. The molecule has 21 heavy (non-hydrogen) atoms. The lowest BCUT2D eigenvalue weighted by atomic mass is 10.1. The molecule has 0 spiro atoms. The number of aliphatic carboxylic acids is 1. The quantitative estimate of drug-likeness (QED) is 0.883. The highest BCUT2D eigenvalue weighted by Gasteiger charge is 2.01. The highest BCUT2D eigenvalue weighted by molar-refractivity contribution is 5.70. The molecule has 0 amide bonds. The molecule has 2 rings (SSSR count). The Balaban J connectivity index is 1.90. The summed E-state index contributed by atoms with van der Waals surface area (Å²) < 4.78 is 5.65. The Labute approximate surface area is 123 Å². The van der Waals surface area contributed by atoms with Gasteiger partial charge in [0.1, 0.15) is 12.4 Å². The van der Waals surface area contributed by atoms with Gasteiger partial charge >= 0.3 is 5.97 Å². The van der Waals surface area contributed by atoms with Crippen molar-refractivity contribution in [3.05, 3.63) is 65.2 Å². The zero-order valence-corrected chi connectivity index (χ0v) is 11.5. The van der Waals surface area contributed by atoms with Crippen LogP contribution in [0.15, 0.2) is 48.5 Å². The van der Waals surface area contributed by atoms with Gasteiger partial charge in [0.05, 0.1) is 18.9 Å². The second-order valence-electron chi connectivity index (χ2n) is 4.65. The van der Waals surface area contributed by atoms with Crippen molar-refractivity contribution in [2.75, 3.05) is 0 Å². The van der Waals surface area contributed by atoms with Crippen molar-refractivity contribution in [3.8, 4) is 11.8 Å². The van der Waals surface area contributed by atoms with Crippen LogP contribution in [0.3, 0.4) is 0 Å². The minimum Gasteiger partial charge on any atom is -0.489 e. The Kier molecular flexibility index (Phi) is 4.94. The fourth-order valence-electron chi connectivity index (χ4n) is 1.89. The Morgan fingerprint density at radius 3 is 2.14 bits per heavy atom. The summed E-state index contributed by atoms with van der Waals surface area (Å²) in [5.74, 6) is -0.0947. The maximum atomic E-state index is 10.6. The normalized spacial score (nSPS) is 9.86. The SMILES string of the molecule is N#CCc1ccc(OCc2ccc(CC(=O)O)cc2)cc1. The van der Waals surface area contributed by atoms with Crippen molar-refractivity contribution in [2.45, 2.75) is 19.4 Å². The van der Waals surface area contributed by atoms with Gasteiger partial charge in [0.2, 0.25) is 0 Å². The zero-order valence-electron chi connectivity index (χ0n) is 11.5. The third-order valence-electron chi connectivity index (χ3n) is 2.99.